The van der Waals surface area contributed by atoms with Gasteiger partial charge in [0.2, 0.25) is 5.95 Å². The third kappa shape index (κ3) is 3.32. The highest BCUT2D eigenvalue weighted by Gasteiger charge is 2.06. The van der Waals surface area contributed by atoms with Gasteiger partial charge in [-0.1, -0.05) is 20.8 Å². The van der Waals surface area contributed by atoms with Gasteiger partial charge in [0.1, 0.15) is 0 Å². The van der Waals surface area contributed by atoms with Gasteiger partial charge in [0.15, 0.2) is 0 Å². The van der Waals surface area contributed by atoms with Crippen molar-refractivity contribution in [2.24, 2.45) is 11.8 Å². The first-order chi connectivity index (χ1) is 6.59. The van der Waals surface area contributed by atoms with Gasteiger partial charge in [0, 0.05) is 18.4 Å². The zero-order valence-electron chi connectivity index (χ0n) is 9.41. The minimum Gasteiger partial charge on any atom is -0.354 e. The van der Waals surface area contributed by atoms with Crippen molar-refractivity contribution in [1.82, 2.24) is 9.97 Å². The number of nitrogens with zero attached hydrogens (tertiary/aromatic N) is 2. The highest BCUT2D eigenvalue weighted by atomic mass is 15.1. The number of anilines is 1. The lowest BCUT2D eigenvalue weighted by atomic mass is 9.98. The van der Waals surface area contributed by atoms with E-state index >= 15 is 0 Å². The fourth-order valence-electron chi connectivity index (χ4n) is 1.02. The minimum absolute atomic E-state index is 0.638. The monoisotopic (exact) mass is 193 g/mol. The van der Waals surface area contributed by atoms with Gasteiger partial charge in [-0.3, -0.25) is 0 Å². The summed E-state index contributed by atoms with van der Waals surface area (Å²) in [5, 5.41) is 3.24. The third-order valence-electron chi connectivity index (χ3n) is 2.52. The molecule has 1 aromatic rings. The van der Waals surface area contributed by atoms with E-state index in [1.165, 1.54) is 0 Å². The van der Waals surface area contributed by atoms with Crippen LogP contribution in [0.1, 0.15) is 26.5 Å². The second-order valence-corrected chi connectivity index (χ2v) is 4.12. The number of rotatable bonds is 4. The first-order valence-corrected chi connectivity index (χ1v) is 5.13. The Bertz CT molecular complexity index is 284. The van der Waals surface area contributed by atoms with Gasteiger partial charge in [-0.2, -0.15) is 0 Å². The Labute approximate surface area is 86.0 Å². The summed E-state index contributed by atoms with van der Waals surface area (Å²) in [6.07, 6.45) is 1.78. The number of aryl methyl sites for hydroxylation is 1. The smallest absolute Gasteiger partial charge is 0.222 e. The number of hydrogen-bond acceptors (Lipinski definition) is 3. The molecule has 3 heteroatoms. The maximum absolute atomic E-state index is 4.28. The van der Waals surface area contributed by atoms with Gasteiger partial charge in [0.05, 0.1) is 0 Å². The van der Waals surface area contributed by atoms with Crippen LogP contribution in [0.3, 0.4) is 0 Å². The third-order valence-corrected chi connectivity index (χ3v) is 2.52. The van der Waals surface area contributed by atoms with Crippen LogP contribution in [0.15, 0.2) is 12.3 Å². The first kappa shape index (κ1) is 11.0. The Hall–Kier alpha value is -1.12. The zero-order valence-corrected chi connectivity index (χ0v) is 9.41. The predicted octanol–water partition coefficient (Wildman–Crippen LogP) is 2.49. The van der Waals surface area contributed by atoms with Gasteiger partial charge in [-0.25, -0.2) is 9.97 Å². The summed E-state index contributed by atoms with van der Waals surface area (Å²) in [5.74, 6) is 2.06. The highest BCUT2D eigenvalue weighted by molar-refractivity contribution is 5.24. The van der Waals surface area contributed by atoms with Crippen LogP contribution in [-0.4, -0.2) is 16.5 Å². The molecule has 1 rings (SSSR count). The largest absolute Gasteiger partial charge is 0.354 e. The van der Waals surface area contributed by atoms with Gasteiger partial charge in [0.25, 0.3) is 0 Å². The summed E-state index contributed by atoms with van der Waals surface area (Å²) < 4.78 is 0. The Morgan fingerprint density at radius 3 is 2.64 bits per heavy atom. The van der Waals surface area contributed by atoms with Crippen LogP contribution in [0.5, 0.6) is 0 Å². The minimum atomic E-state index is 0.638. The Morgan fingerprint density at radius 2 is 2.07 bits per heavy atom. The normalized spacial score (nSPS) is 12.9. The number of hydrogen-bond donors (Lipinski definition) is 1. The molecule has 0 radical (unpaired) electrons. The zero-order chi connectivity index (χ0) is 10.6. The van der Waals surface area contributed by atoms with Crippen molar-refractivity contribution in [3.8, 4) is 0 Å². The summed E-state index contributed by atoms with van der Waals surface area (Å²) in [6.45, 7) is 9.58. The van der Waals surface area contributed by atoms with Crippen LogP contribution in [0.2, 0.25) is 0 Å². The fourth-order valence-corrected chi connectivity index (χ4v) is 1.02. The van der Waals surface area contributed by atoms with Crippen LogP contribution in [0.4, 0.5) is 5.95 Å². The van der Waals surface area contributed by atoms with Gasteiger partial charge in [-0.15, -0.1) is 0 Å². The molecule has 78 valence electrons. The molecule has 0 aliphatic carbocycles. The van der Waals surface area contributed by atoms with Crippen molar-refractivity contribution in [2.75, 3.05) is 11.9 Å². The van der Waals surface area contributed by atoms with E-state index in [2.05, 4.69) is 36.1 Å². The van der Waals surface area contributed by atoms with E-state index in [4.69, 9.17) is 0 Å². The molecule has 0 bridgehead atoms. The van der Waals surface area contributed by atoms with Gasteiger partial charge < -0.3 is 5.32 Å². The van der Waals surface area contributed by atoms with Crippen LogP contribution < -0.4 is 5.32 Å². The predicted molar refractivity (Wildman–Crippen MR) is 59.3 cm³/mol. The van der Waals surface area contributed by atoms with Crippen molar-refractivity contribution < 1.29 is 0 Å². The lowest BCUT2D eigenvalue weighted by Gasteiger charge is -2.15. The maximum Gasteiger partial charge on any atom is 0.222 e. The lowest BCUT2D eigenvalue weighted by molar-refractivity contribution is 0.439. The molecule has 3 nitrogen and oxygen atoms in total. The van der Waals surface area contributed by atoms with Gasteiger partial charge in [-0.05, 0) is 24.8 Å². The van der Waals surface area contributed by atoms with Crippen LogP contribution in [0.25, 0.3) is 0 Å². The number of aromatic nitrogens is 2. The molecule has 14 heavy (non-hydrogen) atoms. The molecular weight excluding hydrogens is 174 g/mol. The molecule has 0 aromatic carbocycles. The summed E-state index contributed by atoms with van der Waals surface area (Å²) in [7, 11) is 0. The molecular formula is C11H19N3. The molecule has 0 saturated heterocycles. The Balaban J connectivity index is 2.45. The van der Waals surface area contributed by atoms with E-state index in [-0.39, 0.29) is 0 Å². The van der Waals surface area contributed by atoms with Gasteiger partial charge >= 0.3 is 0 Å². The molecule has 1 aromatic heterocycles. The second kappa shape index (κ2) is 4.94. The van der Waals surface area contributed by atoms with Crippen LogP contribution in [0, 0.1) is 18.8 Å². The fraction of sp³-hybridized carbons (Fsp3) is 0.636. The van der Waals surface area contributed by atoms with Crippen molar-refractivity contribution in [3.05, 3.63) is 18.0 Å². The lowest BCUT2D eigenvalue weighted by Crippen LogP contribution is -2.17. The standard InChI is InChI=1S/C11H19N3/c1-8(2)9(3)7-13-11-12-6-5-10(4)14-11/h5-6,8-9H,7H2,1-4H3,(H,12,13,14). The molecule has 0 amide bonds. The Morgan fingerprint density at radius 1 is 1.36 bits per heavy atom. The molecule has 1 heterocycles. The Kier molecular flexibility index (Phi) is 3.86. The molecule has 0 aliphatic heterocycles. The van der Waals surface area contributed by atoms with E-state index in [9.17, 15) is 0 Å². The van der Waals surface area contributed by atoms with E-state index < -0.39 is 0 Å². The SMILES string of the molecule is Cc1ccnc(NCC(C)C(C)C)n1. The molecule has 1 atom stereocenters. The highest BCUT2D eigenvalue weighted by Crippen LogP contribution is 2.10. The molecule has 0 fully saturated rings. The summed E-state index contributed by atoms with van der Waals surface area (Å²) >= 11 is 0. The van der Waals surface area contributed by atoms with Crippen LogP contribution >= 0.6 is 0 Å². The summed E-state index contributed by atoms with van der Waals surface area (Å²) in [6, 6.07) is 1.90. The van der Waals surface area contributed by atoms with E-state index in [1.54, 1.807) is 6.20 Å². The maximum atomic E-state index is 4.28. The van der Waals surface area contributed by atoms with E-state index in [1.807, 2.05) is 13.0 Å². The first-order valence-electron chi connectivity index (χ1n) is 5.13. The van der Waals surface area contributed by atoms with E-state index in [0.29, 0.717) is 11.8 Å². The quantitative estimate of drug-likeness (QED) is 0.798. The van der Waals surface area contributed by atoms with Crippen molar-refractivity contribution in [3.63, 3.8) is 0 Å². The average molecular weight is 193 g/mol. The average Bonchev–Trinajstić information content (AvgIpc) is 2.14. The number of nitrogens with one attached hydrogen (secondary N) is 1. The van der Waals surface area contributed by atoms with Crippen molar-refractivity contribution >= 4 is 5.95 Å². The molecule has 0 spiro atoms. The molecule has 1 N–H and O–H groups in total. The van der Waals surface area contributed by atoms with Crippen LogP contribution in [-0.2, 0) is 0 Å². The summed E-state index contributed by atoms with van der Waals surface area (Å²) in [5.41, 5.74) is 1.000. The van der Waals surface area contributed by atoms with E-state index in [0.717, 1.165) is 18.2 Å². The van der Waals surface area contributed by atoms with Crippen molar-refractivity contribution in [2.45, 2.75) is 27.7 Å². The molecule has 1 unspecified atom stereocenters. The molecule has 0 aliphatic rings. The summed E-state index contributed by atoms with van der Waals surface area (Å²) in [4.78, 5) is 8.43. The topological polar surface area (TPSA) is 37.8 Å². The van der Waals surface area contributed by atoms with Crippen molar-refractivity contribution in [1.29, 1.82) is 0 Å². The second-order valence-electron chi connectivity index (χ2n) is 4.12. The molecule has 0 saturated carbocycles.